The molecule has 1 aliphatic heterocycles. The van der Waals surface area contributed by atoms with E-state index in [2.05, 4.69) is 25.7 Å². The molecule has 0 bridgehead atoms. The number of nitrogens with two attached hydrogens (primary N) is 1. The highest BCUT2D eigenvalue weighted by Crippen LogP contribution is 2.37. The van der Waals surface area contributed by atoms with Gasteiger partial charge in [0.05, 0.1) is 6.10 Å². The largest absolute Gasteiger partial charge is 0.377 e. The Labute approximate surface area is 118 Å². The van der Waals surface area contributed by atoms with Gasteiger partial charge in [0.2, 0.25) is 0 Å². The van der Waals surface area contributed by atoms with Gasteiger partial charge < -0.3 is 10.5 Å². The molecule has 0 aromatic carbocycles. The fourth-order valence-electron chi connectivity index (χ4n) is 3.66. The van der Waals surface area contributed by atoms with Crippen LogP contribution in [0.15, 0.2) is 0 Å². The summed E-state index contributed by atoms with van der Waals surface area (Å²) in [5.74, 6) is 0. The Morgan fingerprint density at radius 2 is 2.11 bits per heavy atom. The number of hydrogen-bond acceptors (Lipinski definition) is 3. The van der Waals surface area contributed by atoms with Crippen molar-refractivity contribution in [3.63, 3.8) is 0 Å². The molecule has 2 fully saturated rings. The van der Waals surface area contributed by atoms with Crippen molar-refractivity contribution < 1.29 is 4.74 Å². The van der Waals surface area contributed by atoms with E-state index in [-0.39, 0.29) is 0 Å². The highest BCUT2D eigenvalue weighted by Gasteiger charge is 2.37. The van der Waals surface area contributed by atoms with Gasteiger partial charge in [-0.2, -0.15) is 0 Å². The molecule has 2 aliphatic rings. The minimum atomic E-state index is 0.359. The molecule has 112 valence electrons. The number of nitrogens with zero attached hydrogens (tertiary/aromatic N) is 1. The van der Waals surface area contributed by atoms with Crippen LogP contribution in [0.4, 0.5) is 0 Å². The van der Waals surface area contributed by atoms with Crippen LogP contribution in [0.25, 0.3) is 0 Å². The molecular weight excluding hydrogens is 236 g/mol. The summed E-state index contributed by atoms with van der Waals surface area (Å²) in [5.41, 5.74) is 6.85. The third-order valence-electron chi connectivity index (χ3n) is 4.85. The van der Waals surface area contributed by atoms with Crippen molar-refractivity contribution in [1.29, 1.82) is 0 Å². The monoisotopic (exact) mass is 268 g/mol. The summed E-state index contributed by atoms with van der Waals surface area (Å²) in [6.45, 7) is 10.2. The van der Waals surface area contributed by atoms with Crippen LogP contribution in [0.3, 0.4) is 0 Å². The Hall–Kier alpha value is -0.120. The van der Waals surface area contributed by atoms with Crippen LogP contribution >= 0.6 is 0 Å². The second-order valence-electron chi connectivity index (χ2n) is 7.27. The minimum absolute atomic E-state index is 0.359. The van der Waals surface area contributed by atoms with Gasteiger partial charge in [0.25, 0.3) is 0 Å². The first-order valence-corrected chi connectivity index (χ1v) is 8.13. The molecule has 3 atom stereocenters. The third kappa shape index (κ3) is 4.17. The molecule has 3 heteroatoms. The van der Waals surface area contributed by atoms with Crippen LogP contribution in [-0.4, -0.2) is 42.8 Å². The number of ether oxygens (including phenoxy) is 1. The summed E-state index contributed by atoms with van der Waals surface area (Å²) < 4.78 is 5.96. The van der Waals surface area contributed by atoms with Gasteiger partial charge in [-0.15, -0.1) is 0 Å². The van der Waals surface area contributed by atoms with Crippen molar-refractivity contribution in [3.8, 4) is 0 Å². The molecule has 3 unspecified atom stereocenters. The van der Waals surface area contributed by atoms with Crippen molar-refractivity contribution in [3.05, 3.63) is 0 Å². The number of hydrogen-bond donors (Lipinski definition) is 1. The van der Waals surface area contributed by atoms with Gasteiger partial charge in [0.15, 0.2) is 0 Å². The van der Waals surface area contributed by atoms with Gasteiger partial charge >= 0.3 is 0 Å². The highest BCUT2D eigenvalue weighted by molar-refractivity contribution is 4.94. The maximum absolute atomic E-state index is 6.39. The Kier molecular flexibility index (Phi) is 5.27. The van der Waals surface area contributed by atoms with E-state index in [1.165, 1.54) is 38.6 Å². The Morgan fingerprint density at radius 3 is 2.84 bits per heavy atom. The van der Waals surface area contributed by atoms with Gasteiger partial charge in [-0.3, -0.25) is 4.90 Å². The molecule has 1 heterocycles. The quantitative estimate of drug-likeness (QED) is 0.852. The summed E-state index contributed by atoms with van der Waals surface area (Å²) >= 11 is 0. The topological polar surface area (TPSA) is 38.5 Å². The number of likely N-dealkylation sites (tertiary alicyclic amines) is 1. The molecule has 0 radical (unpaired) electrons. The van der Waals surface area contributed by atoms with Gasteiger partial charge in [0.1, 0.15) is 0 Å². The van der Waals surface area contributed by atoms with E-state index in [1.807, 2.05) is 0 Å². The molecule has 3 nitrogen and oxygen atoms in total. The fourth-order valence-corrected chi connectivity index (χ4v) is 3.66. The molecule has 1 aliphatic carbocycles. The van der Waals surface area contributed by atoms with E-state index in [1.54, 1.807) is 0 Å². The minimum Gasteiger partial charge on any atom is -0.377 e. The van der Waals surface area contributed by atoms with Crippen molar-refractivity contribution in [2.75, 3.05) is 19.7 Å². The van der Waals surface area contributed by atoms with E-state index >= 15 is 0 Å². The summed E-state index contributed by atoms with van der Waals surface area (Å²) in [6.07, 6.45) is 7.73. The summed E-state index contributed by atoms with van der Waals surface area (Å²) in [6, 6.07) is 0.926. The lowest BCUT2D eigenvalue weighted by Crippen LogP contribution is -2.56. The van der Waals surface area contributed by atoms with Crippen molar-refractivity contribution in [2.24, 2.45) is 11.1 Å². The maximum atomic E-state index is 6.39. The summed E-state index contributed by atoms with van der Waals surface area (Å²) in [7, 11) is 0. The predicted octanol–water partition coefficient (Wildman–Crippen LogP) is 2.78. The van der Waals surface area contributed by atoms with E-state index in [0.29, 0.717) is 23.6 Å². The lowest BCUT2D eigenvalue weighted by atomic mass is 9.72. The molecular formula is C16H32N2O. The van der Waals surface area contributed by atoms with Gasteiger partial charge in [0, 0.05) is 25.2 Å². The number of rotatable bonds is 4. The Morgan fingerprint density at radius 1 is 1.32 bits per heavy atom. The zero-order valence-electron chi connectivity index (χ0n) is 13.0. The fraction of sp³-hybridized carbons (Fsp3) is 1.00. The van der Waals surface area contributed by atoms with Crippen LogP contribution in [0.1, 0.15) is 59.3 Å². The Bertz CT molecular complexity index is 280. The third-order valence-corrected chi connectivity index (χ3v) is 4.85. The molecule has 2 rings (SSSR count). The van der Waals surface area contributed by atoms with Crippen LogP contribution < -0.4 is 5.73 Å². The average Bonchev–Trinajstić information content (AvgIpc) is 2.39. The van der Waals surface area contributed by atoms with Crippen LogP contribution in [0, 0.1) is 5.41 Å². The first kappa shape index (κ1) is 15.3. The smallest absolute Gasteiger partial charge is 0.0702 e. The lowest BCUT2D eigenvalue weighted by molar-refractivity contribution is -0.0294. The number of piperidine rings is 1. The predicted molar refractivity (Wildman–Crippen MR) is 80.2 cm³/mol. The second kappa shape index (κ2) is 6.55. The average molecular weight is 268 g/mol. The molecule has 1 saturated heterocycles. The van der Waals surface area contributed by atoms with Gasteiger partial charge in [-0.25, -0.2) is 0 Å². The van der Waals surface area contributed by atoms with Crippen molar-refractivity contribution in [2.45, 2.75) is 77.5 Å². The normalized spacial score (nSPS) is 36.3. The Balaban J connectivity index is 1.92. The lowest BCUT2D eigenvalue weighted by Gasteiger charge is -2.47. The van der Waals surface area contributed by atoms with Crippen LogP contribution in [0.5, 0.6) is 0 Å². The van der Waals surface area contributed by atoms with E-state index in [4.69, 9.17) is 10.5 Å². The van der Waals surface area contributed by atoms with Crippen LogP contribution in [0.2, 0.25) is 0 Å². The molecule has 1 saturated carbocycles. The van der Waals surface area contributed by atoms with Crippen LogP contribution in [-0.2, 0) is 4.74 Å². The molecule has 0 aromatic heterocycles. The van der Waals surface area contributed by atoms with Gasteiger partial charge in [-0.05, 0) is 50.5 Å². The summed E-state index contributed by atoms with van der Waals surface area (Å²) in [4.78, 5) is 2.62. The van der Waals surface area contributed by atoms with E-state index in [9.17, 15) is 0 Å². The maximum Gasteiger partial charge on any atom is 0.0702 e. The zero-order valence-corrected chi connectivity index (χ0v) is 13.0. The zero-order chi connectivity index (χ0) is 13.9. The molecule has 0 aromatic rings. The first-order chi connectivity index (χ1) is 9.02. The van der Waals surface area contributed by atoms with E-state index < -0.39 is 0 Å². The molecule has 0 amide bonds. The van der Waals surface area contributed by atoms with Crippen molar-refractivity contribution >= 4 is 0 Å². The SMILES string of the molecule is CCCOC1CCCN(C2CC(C)(C)CCC2N)C1. The molecule has 19 heavy (non-hydrogen) atoms. The molecule has 2 N–H and O–H groups in total. The standard InChI is InChI=1S/C16H32N2O/c1-4-10-19-13-6-5-9-18(12-13)15-11-16(2,3)8-7-14(15)17/h13-15H,4-12,17H2,1-3H3. The van der Waals surface area contributed by atoms with Crippen molar-refractivity contribution in [1.82, 2.24) is 4.90 Å². The molecule has 0 spiro atoms. The summed E-state index contributed by atoms with van der Waals surface area (Å²) in [5, 5.41) is 0. The van der Waals surface area contributed by atoms with Gasteiger partial charge in [-0.1, -0.05) is 20.8 Å². The highest BCUT2D eigenvalue weighted by atomic mass is 16.5. The van der Waals surface area contributed by atoms with E-state index in [0.717, 1.165) is 19.6 Å². The second-order valence-corrected chi connectivity index (χ2v) is 7.27. The first-order valence-electron chi connectivity index (χ1n) is 8.13.